The summed E-state index contributed by atoms with van der Waals surface area (Å²) in [6.45, 7) is 4.21. The highest BCUT2D eigenvalue weighted by atomic mass is 35.5. The molecule has 0 unspecified atom stereocenters. The number of hydrogen-bond acceptors (Lipinski definition) is 2. The number of carbonyl (C=O) groups excluding carboxylic acids is 2. The summed E-state index contributed by atoms with van der Waals surface area (Å²) < 4.78 is 0. The minimum absolute atomic E-state index is 0.0636. The molecule has 0 spiro atoms. The lowest BCUT2D eigenvalue weighted by Crippen LogP contribution is -2.38. The van der Waals surface area contributed by atoms with Crippen molar-refractivity contribution in [3.8, 4) is 0 Å². The number of nitrogens with zero attached hydrogens (tertiary/aromatic N) is 1. The van der Waals surface area contributed by atoms with Crippen LogP contribution in [0.5, 0.6) is 0 Å². The smallest absolute Gasteiger partial charge is 0.252 e. The second-order valence-corrected chi connectivity index (χ2v) is 5.60. The summed E-state index contributed by atoms with van der Waals surface area (Å²) in [4.78, 5) is 25.7. The number of hydrogen-bond donors (Lipinski definition) is 1. The predicted molar refractivity (Wildman–Crippen MR) is 93.0 cm³/mol. The molecule has 0 fully saturated rings. The Morgan fingerprint density at radius 1 is 1.09 bits per heavy atom. The SMILES string of the molecule is CC(=O)N(CCNC(=O)c1ccccc1Cl)c1ccccc1C. The second kappa shape index (κ2) is 7.79. The van der Waals surface area contributed by atoms with Crippen LogP contribution in [0.2, 0.25) is 5.02 Å². The molecule has 120 valence electrons. The summed E-state index contributed by atoms with van der Waals surface area (Å²) in [6.07, 6.45) is 0. The van der Waals surface area contributed by atoms with Crippen LogP contribution in [-0.4, -0.2) is 24.9 Å². The maximum atomic E-state index is 12.1. The number of anilines is 1. The Kier molecular flexibility index (Phi) is 5.77. The van der Waals surface area contributed by atoms with Crippen molar-refractivity contribution < 1.29 is 9.59 Å². The molecule has 0 aliphatic rings. The Balaban J connectivity index is 2.01. The van der Waals surface area contributed by atoms with E-state index in [9.17, 15) is 9.59 Å². The highest BCUT2D eigenvalue weighted by Crippen LogP contribution is 2.19. The van der Waals surface area contributed by atoms with Crippen molar-refractivity contribution in [3.63, 3.8) is 0 Å². The van der Waals surface area contributed by atoms with Crippen LogP contribution in [0, 0.1) is 6.92 Å². The van der Waals surface area contributed by atoms with Crippen LogP contribution in [0.25, 0.3) is 0 Å². The first-order valence-corrected chi connectivity index (χ1v) is 7.75. The standard InChI is InChI=1S/C18H19ClN2O2/c1-13-7-3-6-10-17(13)21(14(2)22)12-11-20-18(23)15-8-4-5-9-16(15)19/h3-10H,11-12H2,1-2H3,(H,20,23). The van der Waals surface area contributed by atoms with Gasteiger partial charge in [0.05, 0.1) is 10.6 Å². The molecule has 2 aromatic rings. The van der Waals surface area contributed by atoms with Crippen LogP contribution in [0.4, 0.5) is 5.69 Å². The van der Waals surface area contributed by atoms with Gasteiger partial charge in [0.15, 0.2) is 0 Å². The molecule has 0 aliphatic carbocycles. The summed E-state index contributed by atoms with van der Waals surface area (Å²) in [5.41, 5.74) is 2.30. The van der Waals surface area contributed by atoms with Gasteiger partial charge in [0.2, 0.25) is 5.91 Å². The molecule has 0 atom stereocenters. The third-order valence-corrected chi connectivity index (χ3v) is 3.86. The average Bonchev–Trinajstić information content (AvgIpc) is 2.52. The van der Waals surface area contributed by atoms with Crippen LogP contribution in [0.3, 0.4) is 0 Å². The van der Waals surface area contributed by atoms with Crippen molar-refractivity contribution in [3.05, 3.63) is 64.7 Å². The molecule has 0 saturated heterocycles. The molecule has 0 aromatic heterocycles. The number of nitrogens with one attached hydrogen (secondary N) is 1. The highest BCUT2D eigenvalue weighted by molar-refractivity contribution is 6.33. The fourth-order valence-corrected chi connectivity index (χ4v) is 2.56. The fraction of sp³-hybridized carbons (Fsp3) is 0.222. The van der Waals surface area contributed by atoms with Crippen LogP contribution in [0.15, 0.2) is 48.5 Å². The minimum Gasteiger partial charge on any atom is -0.350 e. The van der Waals surface area contributed by atoms with E-state index in [1.807, 2.05) is 31.2 Å². The van der Waals surface area contributed by atoms with Crippen molar-refractivity contribution in [2.24, 2.45) is 0 Å². The Labute approximate surface area is 141 Å². The Morgan fingerprint density at radius 3 is 2.39 bits per heavy atom. The molecule has 2 rings (SSSR count). The molecule has 0 aliphatic heterocycles. The number of rotatable bonds is 5. The molecule has 23 heavy (non-hydrogen) atoms. The van der Waals surface area contributed by atoms with Gasteiger partial charge >= 0.3 is 0 Å². The van der Waals surface area contributed by atoms with Gasteiger partial charge in [0.25, 0.3) is 5.91 Å². The van der Waals surface area contributed by atoms with Crippen molar-refractivity contribution in [2.45, 2.75) is 13.8 Å². The van der Waals surface area contributed by atoms with Crippen LogP contribution < -0.4 is 10.2 Å². The van der Waals surface area contributed by atoms with E-state index in [-0.39, 0.29) is 11.8 Å². The topological polar surface area (TPSA) is 49.4 Å². The maximum Gasteiger partial charge on any atom is 0.252 e. The number of benzene rings is 2. The van der Waals surface area contributed by atoms with Crippen LogP contribution in [0.1, 0.15) is 22.8 Å². The van der Waals surface area contributed by atoms with Crippen molar-refractivity contribution in [1.29, 1.82) is 0 Å². The van der Waals surface area contributed by atoms with Crippen molar-refractivity contribution in [2.75, 3.05) is 18.0 Å². The number of amides is 2. The molecular weight excluding hydrogens is 312 g/mol. The molecule has 4 nitrogen and oxygen atoms in total. The zero-order chi connectivity index (χ0) is 16.8. The first-order chi connectivity index (χ1) is 11.0. The molecule has 1 N–H and O–H groups in total. The van der Waals surface area contributed by atoms with Crippen LogP contribution in [-0.2, 0) is 4.79 Å². The molecule has 2 amide bonds. The summed E-state index contributed by atoms with van der Waals surface area (Å²) in [6, 6.07) is 14.5. The van der Waals surface area contributed by atoms with Gasteiger partial charge in [0, 0.05) is 25.7 Å². The molecular formula is C18H19ClN2O2. The lowest BCUT2D eigenvalue weighted by atomic mass is 10.2. The number of para-hydroxylation sites is 1. The van der Waals surface area contributed by atoms with E-state index in [1.54, 1.807) is 29.2 Å². The number of aryl methyl sites for hydroxylation is 1. The van der Waals surface area contributed by atoms with E-state index >= 15 is 0 Å². The number of carbonyl (C=O) groups is 2. The van der Waals surface area contributed by atoms with Gasteiger partial charge in [-0.1, -0.05) is 41.9 Å². The van der Waals surface area contributed by atoms with Crippen molar-refractivity contribution >= 4 is 29.1 Å². The predicted octanol–water partition coefficient (Wildman–Crippen LogP) is 3.43. The summed E-state index contributed by atoms with van der Waals surface area (Å²) in [5.74, 6) is -0.310. The molecule has 0 heterocycles. The zero-order valence-electron chi connectivity index (χ0n) is 13.2. The minimum atomic E-state index is -0.246. The maximum absolute atomic E-state index is 12.1. The summed E-state index contributed by atoms with van der Waals surface area (Å²) in [7, 11) is 0. The van der Waals surface area contributed by atoms with E-state index in [0.29, 0.717) is 23.7 Å². The van der Waals surface area contributed by atoms with Gasteiger partial charge < -0.3 is 10.2 Å². The Hall–Kier alpha value is -2.33. The first kappa shape index (κ1) is 17.0. The first-order valence-electron chi connectivity index (χ1n) is 7.37. The fourth-order valence-electron chi connectivity index (χ4n) is 2.34. The van der Waals surface area contributed by atoms with Gasteiger partial charge in [-0.15, -0.1) is 0 Å². The molecule has 0 radical (unpaired) electrons. The van der Waals surface area contributed by atoms with Crippen LogP contribution >= 0.6 is 11.6 Å². The van der Waals surface area contributed by atoms with E-state index in [0.717, 1.165) is 11.3 Å². The normalized spacial score (nSPS) is 10.2. The quantitative estimate of drug-likeness (QED) is 0.913. The van der Waals surface area contributed by atoms with Gasteiger partial charge in [-0.25, -0.2) is 0 Å². The van der Waals surface area contributed by atoms with Gasteiger partial charge in [-0.3, -0.25) is 9.59 Å². The third kappa shape index (κ3) is 4.33. The Morgan fingerprint density at radius 2 is 1.74 bits per heavy atom. The molecule has 0 saturated carbocycles. The molecule has 2 aromatic carbocycles. The van der Waals surface area contributed by atoms with Gasteiger partial charge in [-0.2, -0.15) is 0 Å². The largest absolute Gasteiger partial charge is 0.350 e. The van der Waals surface area contributed by atoms with E-state index in [1.165, 1.54) is 6.92 Å². The van der Waals surface area contributed by atoms with Gasteiger partial charge in [-0.05, 0) is 30.7 Å². The van der Waals surface area contributed by atoms with Crippen molar-refractivity contribution in [1.82, 2.24) is 5.32 Å². The molecule has 5 heteroatoms. The monoisotopic (exact) mass is 330 g/mol. The van der Waals surface area contributed by atoms with Gasteiger partial charge in [0.1, 0.15) is 0 Å². The molecule has 0 bridgehead atoms. The lowest BCUT2D eigenvalue weighted by Gasteiger charge is -2.23. The average molecular weight is 331 g/mol. The van der Waals surface area contributed by atoms with E-state index < -0.39 is 0 Å². The zero-order valence-corrected chi connectivity index (χ0v) is 13.9. The van der Waals surface area contributed by atoms with E-state index in [4.69, 9.17) is 11.6 Å². The van der Waals surface area contributed by atoms with E-state index in [2.05, 4.69) is 5.32 Å². The third-order valence-electron chi connectivity index (χ3n) is 3.53. The summed E-state index contributed by atoms with van der Waals surface area (Å²) >= 11 is 6.00. The number of halogens is 1. The highest BCUT2D eigenvalue weighted by Gasteiger charge is 2.14. The lowest BCUT2D eigenvalue weighted by molar-refractivity contribution is -0.116. The Bertz CT molecular complexity index is 716. The summed E-state index contributed by atoms with van der Waals surface area (Å²) in [5, 5.41) is 3.21. The second-order valence-electron chi connectivity index (χ2n) is 5.19.